The van der Waals surface area contributed by atoms with Crippen molar-refractivity contribution in [2.45, 2.75) is 32.3 Å². The second-order valence-corrected chi connectivity index (χ2v) is 7.61. The summed E-state index contributed by atoms with van der Waals surface area (Å²) in [4.78, 5) is 12.3. The molecule has 6 heteroatoms. The highest BCUT2D eigenvalue weighted by molar-refractivity contribution is 6.32. The van der Waals surface area contributed by atoms with Gasteiger partial charge in [0.25, 0.3) is 0 Å². The predicted octanol–water partition coefficient (Wildman–Crippen LogP) is 6.03. The molecular weight excluding hydrogens is 405 g/mol. The van der Waals surface area contributed by atoms with Gasteiger partial charge >= 0.3 is 5.97 Å². The predicted molar refractivity (Wildman–Crippen MR) is 111 cm³/mol. The smallest absolute Gasteiger partial charge is 0.338 e. The van der Waals surface area contributed by atoms with Gasteiger partial charge in [-0.25, -0.2) is 9.18 Å². The molecule has 1 aliphatic rings. The number of ether oxygens (including phenoxy) is 1. The number of nitrogens with zero attached hydrogens (tertiary/aromatic N) is 1. The number of carbonyl (C=O) groups is 1. The molecule has 1 aliphatic carbocycles. The van der Waals surface area contributed by atoms with Gasteiger partial charge in [0.2, 0.25) is 0 Å². The maximum absolute atomic E-state index is 13.0. The lowest BCUT2D eigenvalue weighted by Gasteiger charge is -2.04. The van der Waals surface area contributed by atoms with Crippen LogP contribution in [0.1, 0.15) is 47.4 Å². The minimum atomic E-state index is -0.521. The van der Waals surface area contributed by atoms with E-state index in [0.717, 1.165) is 12.8 Å². The Balaban J connectivity index is 1.37. The third-order valence-electron chi connectivity index (χ3n) is 5.02. The Hall–Kier alpha value is -3.10. The average Bonchev–Trinajstić information content (AvgIpc) is 3.44. The van der Waals surface area contributed by atoms with Gasteiger partial charge in [-0.15, -0.1) is 0 Å². The zero-order valence-corrected chi connectivity index (χ0v) is 16.9. The summed E-state index contributed by atoms with van der Waals surface area (Å²) < 4.78 is 23.5. The number of rotatable bonds is 4. The van der Waals surface area contributed by atoms with Crippen molar-refractivity contribution in [2.24, 2.45) is 5.92 Å². The molecule has 0 atom stereocenters. The number of benzene rings is 2. The second-order valence-electron chi connectivity index (χ2n) is 7.21. The minimum absolute atomic E-state index is 0.0755. The number of hydrogen-bond donors (Lipinski definition) is 0. The van der Waals surface area contributed by atoms with E-state index < -0.39 is 5.97 Å². The number of carbonyl (C=O) groups excluding carboxylic acids is 1. The van der Waals surface area contributed by atoms with E-state index in [4.69, 9.17) is 20.9 Å². The molecule has 0 saturated heterocycles. The Morgan fingerprint density at radius 2 is 1.93 bits per heavy atom. The van der Waals surface area contributed by atoms with Crippen LogP contribution in [0.15, 0.2) is 53.1 Å². The number of hydrogen-bond acceptors (Lipinski definition) is 4. The van der Waals surface area contributed by atoms with Crippen LogP contribution in [-0.2, 0) is 11.3 Å². The third-order valence-corrected chi connectivity index (χ3v) is 5.33. The van der Waals surface area contributed by atoms with E-state index in [1.807, 2.05) is 0 Å². The van der Waals surface area contributed by atoms with Crippen molar-refractivity contribution in [3.63, 3.8) is 0 Å². The van der Waals surface area contributed by atoms with Gasteiger partial charge in [-0.1, -0.05) is 41.4 Å². The fraction of sp³-hybridized carbons (Fsp3) is 0.250. The first kappa shape index (κ1) is 20.2. The van der Waals surface area contributed by atoms with Crippen LogP contribution < -0.4 is 0 Å². The minimum Gasteiger partial charge on any atom is -0.454 e. The molecule has 1 fully saturated rings. The molecule has 1 aromatic heterocycles. The molecule has 1 heterocycles. The number of halogens is 2. The van der Waals surface area contributed by atoms with Crippen LogP contribution in [0.4, 0.5) is 4.39 Å². The van der Waals surface area contributed by atoms with Gasteiger partial charge in [0.15, 0.2) is 12.4 Å². The van der Waals surface area contributed by atoms with E-state index in [1.165, 1.54) is 25.0 Å². The Morgan fingerprint density at radius 3 is 2.67 bits per heavy atom. The van der Waals surface area contributed by atoms with Crippen molar-refractivity contribution in [3.8, 4) is 23.1 Å². The van der Waals surface area contributed by atoms with Gasteiger partial charge in [0, 0.05) is 23.1 Å². The quantitative estimate of drug-likeness (QED) is 0.379. The van der Waals surface area contributed by atoms with Crippen molar-refractivity contribution in [1.29, 1.82) is 0 Å². The van der Waals surface area contributed by atoms with E-state index in [2.05, 4.69) is 17.0 Å². The van der Waals surface area contributed by atoms with Crippen LogP contribution in [0.3, 0.4) is 0 Å². The maximum Gasteiger partial charge on any atom is 0.338 e. The van der Waals surface area contributed by atoms with E-state index in [9.17, 15) is 9.18 Å². The Morgan fingerprint density at radius 1 is 1.17 bits per heavy atom. The molecule has 0 bridgehead atoms. The summed E-state index contributed by atoms with van der Waals surface area (Å²) in [5.74, 6) is 6.35. The summed E-state index contributed by atoms with van der Waals surface area (Å²) in [5.41, 5.74) is 2.29. The zero-order chi connectivity index (χ0) is 20.9. The molecule has 0 unspecified atom stereocenters. The van der Waals surface area contributed by atoms with Crippen molar-refractivity contribution in [3.05, 3.63) is 76.3 Å². The van der Waals surface area contributed by atoms with Gasteiger partial charge in [-0.2, -0.15) is 0 Å². The van der Waals surface area contributed by atoms with E-state index in [0.29, 0.717) is 39.1 Å². The molecule has 4 nitrogen and oxygen atoms in total. The van der Waals surface area contributed by atoms with Crippen molar-refractivity contribution < 1.29 is 18.4 Å². The fourth-order valence-electron chi connectivity index (χ4n) is 3.35. The summed E-state index contributed by atoms with van der Waals surface area (Å²) in [7, 11) is 0. The van der Waals surface area contributed by atoms with E-state index in [1.54, 1.807) is 36.4 Å². The fourth-order valence-corrected chi connectivity index (χ4v) is 3.58. The molecule has 0 aliphatic heterocycles. The molecule has 0 N–H and O–H groups in total. The molecule has 2 aromatic carbocycles. The second kappa shape index (κ2) is 9.15. The molecule has 1 saturated carbocycles. The molecule has 30 heavy (non-hydrogen) atoms. The van der Waals surface area contributed by atoms with Crippen molar-refractivity contribution in [2.75, 3.05) is 0 Å². The molecular formula is C24H19ClFNO3. The van der Waals surface area contributed by atoms with Crippen LogP contribution in [0.25, 0.3) is 11.3 Å². The van der Waals surface area contributed by atoms with Crippen LogP contribution in [-0.4, -0.2) is 11.1 Å². The lowest BCUT2D eigenvalue weighted by atomic mass is 10.1. The van der Waals surface area contributed by atoms with Gasteiger partial charge in [-0.05, 0) is 55.3 Å². The molecule has 152 valence electrons. The van der Waals surface area contributed by atoms with Gasteiger partial charge in [0.05, 0.1) is 10.6 Å². The standard InChI is InChI=1S/C24H19ClFNO3/c25-22-13-19(8-7-17(22)6-5-16-3-1-2-4-16)24(28)29-15-21-14-23(27-30-21)18-9-11-20(26)12-10-18/h7-14,16H,1-4,15H2. The van der Waals surface area contributed by atoms with Crippen molar-refractivity contribution in [1.82, 2.24) is 5.16 Å². The first-order valence-electron chi connectivity index (χ1n) is 9.78. The topological polar surface area (TPSA) is 52.3 Å². The maximum atomic E-state index is 13.0. The lowest BCUT2D eigenvalue weighted by molar-refractivity contribution is 0.0437. The Kier molecular flexibility index (Phi) is 6.15. The van der Waals surface area contributed by atoms with Crippen molar-refractivity contribution >= 4 is 17.6 Å². The number of esters is 1. The molecule has 3 aromatic rings. The third kappa shape index (κ3) is 4.90. The summed E-state index contributed by atoms with van der Waals surface area (Å²) in [6.45, 7) is -0.0755. The molecule has 4 rings (SSSR count). The van der Waals surface area contributed by atoms with Gasteiger partial charge in [0.1, 0.15) is 11.5 Å². The lowest BCUT2D eigenvalue weighted by Crippen LogP contribution is -2.05. The Labute approximate surface area is 179 Å². The molecule has 0 radical (unpaired) electrons. The van der Waals surface area contributed by atoms with Gasteiger partial charge in [-0.3, -0.25) is 0 Å². The highest BCUT2D eigenvalue weighted by Gasteiger charge is 2.14. The first-order valence-corrected chi connectivity index (χ1v) is 10.2. The molecule has 0 spiro atoms. The average molecular weight is 424 g/mol. The molecule has 0 amide bonds. The first-order chi connectivity index (χ1) is 14.6. The summed E-state index contributed by atoms with van der Waals surface area (Å²) in [6.07, 6.45) is 4.74. The van der Waals surface area contributed by atoms with Crippen LogP contribution in [0, 0.1) is 23.6 Å². The SMILES string of the molecule is O=C(OCc1cc(-c2ccc(F)cc2)no1)c1ccc(C#CC2CCCC2)c(Cl)c1. The van der Waals surface area contributed by atoms with Gasteiger partial charge < -0.3 is 9.26 Å². The van der Waals surface area contributed by atoms with Crippen LogP contribution in [0.2, 0.25) is 5.02 Å². The zero-order valence-electron chi connectivity index (χ0n) is 16.2. The highest BCUT2D eigenvalue weighted by Crippen LogP contribution is 2.25. The number of aromatic nitrogens is 1. The summed E-state index contributed by atoms with van der Waals surface area (Å²) >= 11 is 6.29. The summed E-state index contributed by atoms with van der Waals surface area (Å²) in [5, 5.41) is 4.34. The van der Waals surface area contributed by atoms with E-state index >= 15 is 0 Å². The van der Waals surface area contributed by atoms with Crippen LogP contribution in [0.5, 0.6) is 0 Å². The summed E-state index contributed by atoms with van der Waals surface area (Å²) in [6, 6.07) is 12.5. The highest BCUT2D eigenvalue weighted by atomic mass is 35.5. The Bertz CT molecular complexity index is 1110. The monoisotopic (exact) mass is 423 g/mol. The normalized spacial score (nSPS) is 13.7. The van der Waals surface area contributed by atoms with E-state index in [-0.39, 0.29) is 12.4 Å². The largest absolute Gasteiger partial charge is 0.454 e. The van der Waals surface area contributed by atoms with Crippen LogP contribution >= 0.6 is 11.6 Å².